The van der Waals surface area contributed by atoms with Crippen molar-refractivity contribution in [2.45, 2.75) is 31.3 Å². The molecule has 2 aliphatic heterocycles. The van der Waals surface area contributed by atoms with Gasteiger partial charge in [0.05, 0.1) is 13.2 Å². The van der Waals surface area contributed by atoms with Crippen LogP contribution in [0.4, 0.5) is 4.79 Å². The second-order valence-corrected chi connectivity index (χ2v) is 8.63. The smallest absolute Gasteiger partial charge is 0.425 e. The number of aromatic nitrogens is 6. The Morgan fingerprint density at radius 2 is 1.50 bits per heavy atom. The quantitative estimate of drug-likeness (QED) is 0.242. The molecule has 2 saturated heterocycles. The number of rotatable bonds is 4. The number of fused-ring (bicyclic) bond motifs is 5. The average Bonchev–Trinajstić information content (AvgIpc) is 3.81. The van der Waals surface area contributed by atoms with Crippen LogP contribution in [-0.4, -0.2) is 79.3 Å². The van der Waals surface area contributed by atoms with Gasteiger partial charge in [0, 0.05) is 50.5 Å². The Morgan fingerprint density at radius 3 is 1.93 bits per heavy atom. The number of carbonyl (C=O) groups excluding carboxylic acids is 2. The molecule has 3 fully saturated rings. The molecule has 5 heterocycles. The molecule has 3 aromatic heterocycles. The zero-order valence-corrected chi connectivity index (χ0v) is 23.9. The summed E-state index contributed by atoms with van der Waals surface area (Å²) in [5.74, 6) is 0.330. The van der Waals surface area contributed by atoms with E-state index in [0.717, 1.165) is 18.9 Å². The molecule has 0 unspecified atom stereocenters. The van der Waals surface area contributed by atoms with Gasteiger partial charge in [0.25, 0.3) is 7.12 Å². The monoisotopic (exact) mass is 630 g/mol. The largest absolute Gasteiger partial charge is 2.00 e. The molecule has 0 spiro atoms. The van der Waals surface area contributed by atoms with Crippen molar-refractivity contribution in [3.63, 3.8) is 0 Å². The standard InChI is InChI=1S/C14H18NO4.C9H9BN6.2CO.Mo/c1-18-11-7-6-9-12-8(4-3-5-10(12)16)13(11)15(9)14(17)19-2;1-4-11-14(7-1)10(15-8-2-5-12-15)16-9-3-6-13-16;2*1-2;/h6-9,12-13H,3-5H2,1-2H3;1-9H;;;/q;-1;;;+2/t8-,9-,12+,13-;;;;/m0..../s1. The van der Waals surface area contributed by atoms with E-state index in [4.69, 9.17) is 18.8 Å². The molecule has 3 aromatic rings. The molecule has 206 valence electrons. The molecule has 1 amide bonds. The van der Waals surface area contributed by atoms with Crippen LogP contribution < -0.4 is 0 Å². The van der Waals surface area contributed by atoms with Crippen molar-refractivity contribution in [1.29, 1.82) is 0 Å². The van der Waals surface area contributed by atoms with Gasteiger partial charge in [-0.3, -0.25) is 9.69 Å². The number of amides is 1. The van der Waals surface area contributed by atoms with Crippen LogP contribution in [0.25, 0.3) is 0 Å². The molecule has 6 rings (SSSR count). The number of carbonyl (C=O) groups is 2. The van der Waals surface area contributed by atoms with Gasteiger partial charge < -0.3 is 23.3 Å². The maximum atomic E-state index is 12.2. The Bertz CT molecular complexity index is 1120. The molecule has 1 aliphatic carbocycles. The fourth-order valence-electron chi connectivity index (χ4n) is 5.46. The molecule has 15 heteroatoms. The van der Waals surface area contributed by atoms with Crippen molar-refractivity contribution in [3.8, 4) is 0 Å². The number of nitrogens with zero attached hydrogens (tertiary/aromatic N) is 7. The van der Waals surface area contributed by atoms with Gasteiger partial charge in [-0.1, -0.05) is 0 Å². The van der Waals surface area contributed by atoms with Crippen molar-refractivity contribution in [3.05, 3.63) is 87.6 Å². The van der Waals surface area contributed by atoms with Gasteiger partial charge in [-0.2, -0.15) is 0 Å². The van der Waals surface area contributed by atoms with Crippen LogP contribution in [0.3, 0.4) is 0 Å². The molecule has 0 aromatic carbocycles. The molecule has 2 bridgehead atoms. The predicted molar refractivity (Wildman–Crippen MR) is 133 cm³/mol. The van der Waals surface area contributed by atoms with Crippen LogP contribution >= 0.6 is 0 Å². The van der Waals surface area contributed by atoms with Gasteiger partial charge in [0.2, 0.25) is 0 Å². The summed E-state index contributed by atoms with van der Waals surface area (Å²) in [7, 11) is 2.78. The zero-order valence-electron chi connectivity index (χ0n) is 21.8. The summed E-state index contributed by atoms with van der Waals surface area (Å²) in [6.45, 7) is 9.00. The molecular weight excluding hydrogens is 601 g/mol. The van der Waals surface area contributed by atoms with E-state index in [2.05, 4.69) is 28.6 Å². The molecule has 13 nitrogen and oxygen atoms in total. The first kappa shape index (κ1) is 33.0. The summed E-state index contributed by atoms with van der Waals surface area (Å²) in [5, 5.41) is 12.7. The molecule has 0 N–H and O–H groups in total. The zero-order chi connectivity index (χ0) is 28.4. The van der Waals surface area contributed by atoms with Crippen LogP contribution in [0.15, 0.2) is 55.4 Å². The number of methoxy groups -OCH3 is 2. The van der Waals surface area contributed by atoms with Crippen molar-refractivity contribution in [1.82, 2.24) is 34.0 Å². The fraction of sp³-hybridized carbons (Fsp3) is 0.360. The van der Waals surface area contributed by atoms with Crippen LogP contribution in [0, 0.1) is 44.1 Å². The van der Waals surface area contributed by atoms with Crippen LogP contribution in [0.5, 0.6) is 0 Å². The Kier molecular flexibility index (Phi) is 13.3. The number of ether oxygens (including phenoxy) is 2. The first-order valence-electron chi connectivity index (χ1n) is 12.0. The summed E-state index contributed by atoms with van der Waals surface area (Å²) < 4.78 is 30.7. The van der Waals surface area contributed by atoms with Crippen molar-refractivity contribution < 1.29 is 49.4 Å². The summed E-state index contributed by atoms with van der Waals surface area (Å²) in [6, 6.07) is 5.30. The van der Waals surface area contributed by atoms with E-state index in [1.807, 2.05) is 49.6 Å². The van der Waals surface area contributed by atoms with E-state index in [-0.39, 0.29) is 64.0 Å². The maximum absolute atomic E-state index is 12.2. The summed E-state index contributed by atoms with van der Waals surface area (Å²) in [6.07, 6.45) is 17.5. The van der Waals surface area contributed by atoms with Crippen LogP contribution in [-0.2, 0) is 44.6 Å². The number of piperidine rings is 1. The first-order valence-corrected chi connectivity index (χ1v) is 12.0. The Hall–Kier alpha value is -3.24. The molecule has 3 aliphatic rings. The number of hydrogen-bond donors (Lipinski definition) is 0. The number of Topliss-reactive ketones (excluding diaryl/α,β-unsaturated/α-hetero) is 1. The molecule has 4 atom stereocenters. The van der Waals surface area contributed by atoms with E-state index in [9.17, 15) is 9.59 Å². The van der Waals surface area contributed by atoms with E-state index in [1.54, 1.807) is 44.4 Å². The third-order valence-corrected chi connectivity index (χ3v) is 6.84. The number of hydrogen-bond acceptors (Lipinski definition) is 7. The third-order valence-electron chi connectivity index (χ3n) is 6.84. The van der Waals surface area contributed by atoms with Gasteiger partial charge in [-0.15, -0.1) is 0 Å². The predicted octanol–water partition coefficient (Wildman–Crippen LogP) is 1.52. The second-order valence-electron chi connectivity index (χ2n) is 8.63. The molecule has 4 radical (unpaired) electrons. The first-order chi connectivity index (χ1) is 19.1. The normalized spacial score (nSPS) is 22.7. The fourth-order valence-corrected chi connectivity index (χ4v) is 5.46. The second kappa shape index (κ2) is 16.1. The average molecular weight is 628 g/mol. The van der Waals surface area contributed by atoms with Crippen LogP contribution in [0.1, 0.15) is 19.3 Å². The summed E-state index contributed by atoms with van der Waals surface area (Å²) in [4.78, 5) is 25.9. The topological polar surface area (TPSA) is 149 Å². The number of ketones is 1. The van der Waals surface area contributed by atoms with E-state index in [0.29, 0.717) is 6.42 Å². The van der Waals surface area contributed by atoms with Gasteiger partial charge >= 0.3 is 49.8 Å². The minimum Gasteiger partial charge on any atom is -0.425 e. The maximum Gasteiger partial charge on any atom is 2.00 e. The van der Waals surface area contributed by atoms with Crippen molar-refractivity contribution in [2.75, 3.05) is 14.2 Å². The minimum absolute atomic E-state index is 0. The van der Waals surface area contributed by atoms with Crippen LogP contribution in [0.2, 0.25) is 0 Å². The Morgan fingerprint density at radius 1 is 0.975 bits per heavy atom. The minimum atomic E-state index is -0.379. The SMILES string of the molecule is CO[C]1[CH][CH][C@H]2[C@@H]3C(=O)CCC[C@@H]3[C@@H]1N2C(=O)OC.[C-]#[O+].[C-]#[O+].[Mo+2].c1cnn([B-](n2cccn2)n2cccn2)c1. The molecular formula is C25H27BMoN7O6+. The van der Waals surface area contributed by atoms with Crippen molar-refractivity contribution in [2.24, 2.45) is 11.8 Å². The molecule has 40 heavy (non-hydrogen) atoms. The van der Waals surface area contributed by atoms with E-state index < -0.39 is 0 Å². The van der Waals surface area contributed by atoms with Gasteiger partial charge in [0.1, 0.15) is 11.9 Å². The van der Waals surface area contributed by atoms with Crippen molar-refractivity contribution >= 4 is 19.0 Å². The Labute approximate surface area is 247 Å². The van der Waals surface area contributed by atoms with E-state index in [1.165, 1.54) is 7.11 Å². The van der Waals surface area contributed by atoms with E-state index >= 15 is 0 Å². The van der Waals surface area contributed by atoms with Gasteiger partial charge in [-0.25, -0.2) is 20.1 Å². The van der Waals surface area contributed by atoms with Gasteiger partial charge in [0.15, 0.2) is 0 Å². The Balaban J connectivity index is 0.000000246. The van der Waals surface area contributed by atoms with Gasteiger partial charge in [-0.05, 0) is 62.0 Å². The third kappa shape index (κ3) is 6.73. The molecule has 1 saturated carbocycles. The summed E-state index contributed by atoms with van der Waals surface area (Å²) >= 11 is 0. The summed E-state index contributed by atoms with van der Waals surface area (Å²) in [5.41, 5.74) is 0.